The Morgan fingerprint density at radius 3 is 1.53 bits per heavy atom. The molecule has 0 aromatic rings. The number of terminal acetylenes is 1. The summed E-state index contributed by atoms with van der Waals surface area (Å²) < 4.78 is 20.5. The van der Waals surface area contributed by atoms with E-state index in [1.54, 1.807) is 0 Å². The highest BCUT2D eigenvalue weighted by atomic mass is 28.4. The van der Waals surface area contributed by atoms with E-state index in [1.165, 1.54) is 0 Å². The van der Waals surface area contributed by atoms with Gasteiger partial charge in [0.1, 0.15) is 0 Å². The summed E-state index contributed by atoms with van der Waals surface area (Å²) in [5, 5.41) is 0.387. The molecule has 0 heterocycles. The van der Waals surface area contributed by atoms with Gasteiger partial charge in [-0.2, -0.15) is 0 Å². The molecule has 0 bridgehead atoms. The van der Waals surface area contributed by atoms with Gasteiger partial charge in [-0.05, 0) is 60.8 Å². The highest BCUT2D eigenvalue weighted by molar-refractivity contribution is 6.75. The fourth-order valence-electron chi connectivity index (χ4n) is 3.01. The number of hydrogen-bond acceptors (Lipinski definition) is 3. The van der Waals surface area contributed by atoms with Gasteiger partial charge in [-0.3, -0.25) is 0 Å². The minimum absolute atomic E-state index is 0.0818. The zero-order chi connectivity index (χ0) is 27.4. The molecule has 0 spiro atoms. The van der Waals surface area contributed by atoms with Crippen molar-refractivity contribution in [1.29, 1.82) is 0 Å². The van der Waals surface area contributed by atoms with Crippen LogP contribution in [-0.2, 0) is 13.3 Å². The van der Waals surface area contributed by atoms with Crippen molar-refractivity contribution in [2.75, 3.05) is 6.61 Å². The molecular formula is C28H58O3Si3. The van der Waals surface area contributed by atoms with Gasteiger partial charge in [0.2, 0.25) is 0 Å². The van der Waals surface area contributed by atoms with Crippen LogP contribution in [0.3, 0.4) is 0 Å². The molecule has 3 nitrogen and oxygen atoms in total. The summed E-state index contributed by atoms with van der Waals surface area (Å²) in [6.07, 6.45) is 9.09. The van der Waals surface area contributed by atoms with Crippen LogP contribution in [0.2, 0.25) is 54.4 Å². The van der Waals surface area contributed by atoms with Gasteiger partial charge < -0.3 is 13.3 Å². The average molecular weight is 527 g/mol. The fourth-order valence-corrected chi connectivity index (χ4v) is 6.74. The maximum absolute atomic E-state index is 6.98. The lowest BCUT2D eigenvalue weighted by Crippen LogP contribution is -2.51. The van der Waals surface area contributed by atoms with Gasteiger partial charge in [-0.15, -0.1) is 18.9 Å². The van der Waals surface area contributed by atoms with Gasteiger partial charge in [0.25, 0.3) is 0 Å². The van der Waals surface area contributed by atoms with Crippen LogP contribution in [0, 0.1) is 18.3 Å². The van der Waals surface area contributed by atoms with E-state index in [9.17, 15) is 0 Å². The Hall–Kier alpha value is -0.169. The fraction of sp³-hybridized carbons (Fsp3) is 0.857. The number of hydrogen-bond donors (Lipinski definition) is 0. The second-order valence-corrected chi connectivity index (χ2v) is 28.8. The van der Waals surface area contributed by atoms with E-state index >= 15 is 0 Å². The smallest absolute Gasteiger partial charge is 0.192 e. The second-order valence-electron chi connectivity index (χ2n) is 14.5. The molecule has 0 aromatic heterocycles. The first-order chi connectivity index (χ1) is 14.9. The molecule has 0 aromatic carbocycles. The average Bonchev–Trinajstić information content (AvgIpc) is 2.60. The molecule has 200 valence electrons. The van der Waals surface area contributed by atoms with E-state index < -0.39 is 25.0 Å². The Balaban J connectivity index is 6.19. The zero-order valence-corrected chi connectivity index (χ0v) is 28.4. The van der Waals surface area contributed by atoms with Crippen LogP contribution < -0.4 is 0 Å². The van der Waals surface area contributed by atoms with Crippen molar-refractivity contribution >= 4 is 25.0 Å². The molecule has 0 N–H and O–H groups in total. The monoisotopic (exact) mass is 526 g/mol. The molecule has 0 saturated heterocycles. The Bertz CT molecular complexity index is 686. The van der Waals surface area contributed by atoms with E-state index in [0.717, 1.165) is 6.42 Å². The van der Waals surface area contributed by atoms with Crippen molar-refractivity contribution < 1.29 is 13.3 Å². The molecule has 0 aliphatic rings. The summed E-state index contributed by atoms with van der Waals surface area (Å²) in [5.74, 6) is 3.01. The maximum Gasteiger partial charge on any atom is 0.192 e. The predicted molar refractivity (Wildman–Crippen MR) is 159 cm³/mol. The van der Waals surface area contributed by atoms with E-state index in [0.29, 0.717) is 13.0 Å². The van der Waals surface area contributed by atoms with Crippen molar-refractivity contribution in [2.45, 2.75) is 142 Å². The summed E-state index contributed by atoms with van der Waals surface area (Å²) in [6, 6.07) is 0. The summed E-state index contributed by atoms with van der Waals surface area (Å²) in [7, 11) is -5.91. The van der Waals surface area contributed by atoms with E-state index in [4.69, 9.17) is 19.7 Å². The first-order valence-corrected chi connectivity index (χ1v) is 21.7. The topological polar surface area (TPSA) is 27.7 Å². The molecule has 0 amide bonds. The highest BCUT2D eigenvalue weighted by Crippen LogP contribution is 2.42. The first kappa shape index (κ1) is 33.8. The molecule has 0 rings (SSSR count). The lowest BCUT2D eigenvalue weighted by molar-refractivity contribution is 0.0368. The summed E-state index contributed by atoms with van der Waals surface area (Å²) in [5.41, 5.74) is 0. The lowest BCUT2D eigenvalue weighted by atomic mass is 9.91. The van der Waals surface area contributed by atoms with Crippen molar-refractivity contribution in [1.82, 2.24) is 0 Å². The number of rotatable bonds is 12. The van der Waals surface area contributed by atoms with E-state index in [1.807, 2.05) is 6.08 Å². The van der Waals surface area contributed by atoms with Gasteiger partial charge in [-0.25, -0.2) is 0 Å². The summed E-state index contributed by atoms with van der Waals surface area (Å²) in [6.45, 7) is 39.2. The molecular weight excluding hydrogens is 469 g/mol. The molecule has 34 heavy (non-hydrogen) atoms. The largest absolute Gasteiger partial charge is 0.417 e. The third-order valence-electron chi connectivity index (χ3n) is 8.66. The van der Waals surface area contributed by atoms with Gasteiger partial charge in [0, 0.05) is 18.9 Å². The molecule has 0 saturated carbocycles. The minimum atomic E-state index is -2.03. The SMILES string of the molecule is C#CC[C@H](O[Si](C)(C)C(C)(C)C)[C@H](CCO[Si](C)(C)C(C)(C)C)[C@@H](C=C)O[Si](C)(C)C(C)(C)C. The van der Waals surface area contributed by atoms with Crippen LogP contribution in [0.25, 0.3) is 0 Å². The Labute approximate surface area is 217 Å². The Kier molecular flexibility index (Phi) is 11.9. The van der Waals surface area contributed by atoms with Crippen molar-refractivity contribution in [3.05, 3.63) is 12.7 Å². The third-order valence-corrected chi connectivity index (χ3v) is 22.2. The van der Waals surface area contributed by atoms with Gasteiger partial charge >= 0.3 is 0 Å². The van der Waals surface area contributed by atoms with Crippen LogP contribution in [0.1, 0.15) is 75.2 Å². The van der Waals surface area contributed by atoms with Crippen molar-refractivity contribution in [2.24, 2.45) is 5.92 Å². The normalized spacial score (nSPS) is 17.1. The molecule has 0 fully saturated rings. The molecule has 0 radical (unpaired) electrons. The van der Waals surface area contributed by atoms with Crippen LogP contribution in [0.15, 0.2) is 12.7 Å². The second kappa shape index (κ2) is 11.9. The Morgan fingerprint density at radius 2 is 1.18 bits per heavy atom. The minimum Gasteiger partial charge on any atom is -0.417 e. The maximum atomic E-state index is 6.98. The standard InChI is InChI=1S/C28H58O3Si3/c1-18-20-25(31-34(16,17)28(9,10)11)23(21-22-29-32(12,13)26(3,4)5)24(19-2)30-33(14,15)27(6,7)8/h1,19,23-25H,2,20-22H2,3-17H3/t23-,24-,25+/m1/s1. The van der Waals surface area contributed by atoms with Crippen molar-refractivity contribution in [3.63, 3.8) is 0 Å². The van der Waals surface area contributed by atoms with Crippen LogP contribution >= 0.6 is 0 Å². The molecule has 0 aliphatic carbocycles. The summed E-state index contributed by atoms with van der Waals surface area (Å²) in [4.78, 5) is 0. The third kappa shape index (κ3) is 9.37. The summed E-state index contributed by atoms with van der Waals surface area (Å²) >= 11 is 0. The van der Waals surface area contributed by atoms with Crippen LogP contribution in [0.5, 0.6) is 0 Å². The van der Waals surface area contributed by atoms with Crippen LogP contribution in [0.4, 0.5) is 0 Å². The predicted octanol–water partition coefficient (Wildman–Crippen LogP) is 9.00. The van der Waals surface area contributed by atoms with Gasteiger partial charge in [-0.1, -0.05) is 68.4 Å². The van der Waals surface area contributed by atoms with Crippen LogP contribution in [-0.4, -0.2) is 43.8 Å². The Morgan fingerprint density at radius 1 is 0.765 bits per heavy atom. The van der Waals surface area contributed by atoms with Crippen molar-refractivity contribution in [3.8, 4) is 12.3 Å². The highest BCUT2D eigenvalue weighted by Gasteiger charge is 2.45. The quantitative estimate of drug-likeness (QED) is 0.144. The van der Waals surface area contributed by atoms with E-state index in [-0.39, 0.29) is 33.2 Å². The molecule has 0 aliphatic heterocycles. The molecule has 3 atom stereocenters. The van der Waals surface area contributed by atoms with Gasteiger partial charge in [0.15, 0.2) is 25.0 Å². The molecule has 6 heteroatoms. The lowest BCUT2D eigenvalue weighted by Gasteiger charge is -2.45. The zero-order valence-electron chi connectivity index (χ0n) is 25.4. The first-order valence-electron chi connectivity index (χ1n) is 13.0. The van der Waals surface area contributed by atoms with E-state index in [2.05, 4.69) is 114 Å². The van der Waals surface area contributed by atoms with Gasteiger partial charge in [0.05, 0.1) is 12.2 Å². The molecule has 0 unspecified atom stereocenters.